The maximum atomic E-state index is 14.7. The Morgan fingerprint density at radius 2 is 2.02 bits per heavy atom. The molecule has 0 unspecified atom stereocenters. The number of aromatic nitrogens is 4. The highest BCUT2D eigenvalue weighted by Gasteiger charge is 2.24. The zero-order chi connectivity index (χ0) is 28.8. The van der Waals surface area contributed by atoms with E-state index in [9.17, 15) is 14.4 Å². The topological polar surface area (TPSA) is 132 Å². The number of carbonyl (C=O) groups excluding carboxylic acids is 1. The summed E-state index contributed by atoms with van der Waals surface area (Å²) < 4.78 is 21.6. The molecule has 3 aromatic rings. The molecule has 1 amide bonds. The second-order valence-corrected chi connectivity index (χ2v) is 9.75. The summed E-state index contributed by atoms with van der Waals surface area (Å²) in [7, 11) is 3.19. The first kappa shape index (κ1) is 28.4. The van der Waals surface area contributed by atoms with Gasteiger partial charge < -0.3 is 15.8 Å². The lowest BCUT2D eigenvalue weighted by Gasteiger charge is -2.28. The SMILES string of the molecule is C=C(/C(=C\C=C(/C)c1c(C#N)cnn1C)NC(=O)c1ccnc(-c2c(F)cccc2OC)n1)C1CCC(N)CC1. The van der Waals surface area contributed by atoms with Crippen LogP contribution in [0.5, 0.6) is 5.75 Å². The van der Waals surface area contributed by atoms with Gasteiger partial charge in [0.2, 0.25) is 0 Å². The minimum Gasteiger partial charge on any atom is -0.496 e. The van der Waals surface area contributed by atoms with Gasteiger partial charge in [-0.05, 0) is 73.9 Å². The summed E-state index contributed by atoms with van der Waals surface area (Å²) in [6.07, 6.45) is 9.99. The van der Waals surface area contributed by atoms with Crippen LogP contribution in [0.25, 0.3) is 17.0 Å². The van der Waals surface area contributed by atoms with Crippen LogP contribution in [-0.4, -0.2) is 38.8 Å². The third-order valence-electron chi connectivity index (χ3n) is 7.10. The van der Waals surface area contributed by atoms with Crippen molar-refractivity contribution in [2.75, 3.05) is 7.11 Å². The van der Waals surface area contributed by atoms with Gasteiger partial charge in [-0.15, -0.1) is 0 Å². The predicted molar refractivity (Wildman–Crippen MR) is 150 cm³/mol. The number of nitriles is 1. The largest absolute Gasteiger partial charge is 0.496 e. The van der Waals surface area contributed by atoms with Gasteiger partial charge in [0.15, 0.2) is 5.82 Å². The first-order valence-corrected chi connectivity index (χ1v) is 13.0. The molecule has 40 heavy (non-hydrogen) atoms. The molecule has 4 rings (SSSR count). The number of nitrogens with two attached hydrogens (primary N) is 1. The van der Waals surface area contributed by atoms with Crippen molar-refractivity contribution < 1.29 is 13.9 Å². The smallest absolute Gasteiger partial charge is 0.274 e. The van der Waals surface area contributed by atoms with E-state index < -0.39 is 11.7 Å². The fraction of sp³-hybridized carbons (Fsp3) is 0.300. The molecule has 0 bridgehead atoms. The Hall–Kier alpha value is -4.62. The van der Waals surface area contributed by atoms with Gasteiger partial charge >= 0.3 is 0 Å². The van der Waals surface area contributed by atoms with Crippen molar-refractivity contribution in [3.8, 4) is 23.2 Å². The summed E-state index contributed by atoms with van der Waals surface area (Å²) in [5, 5.41) is 16.6. The molecular weight excluding hydrogens is 509 g/mol. The number of methoxy groups -OCH3 is 1. The lowest BCUT2D eigenvalue weighted by molar-refractivity contribution is 0.0961. The van der Waals surface area contributed by atoms with E-state index in [1.807, 2.05) is 13.0 Å². The number of aryl methyl sites for hydroxylation is 1. The molecule has 10 heteroatoms. The molecule has 0 atom stereocenters. The van der Waals surface area contributed by atoms with Crippen LogP contribution in [0, 0.1) is 23.1 Å². The van der Waals surface area contributed by atoms with E-state index in [1.54, 1.807) is 23.9 Å². The number of ether oxygens (including phenoxy) is 1. The zero-order valence-electron chi connectivity index (χ0n) is 22.8. The molecule has 0 radical (unpaired) electrons. The van der Waals surface area contributed by atoms with Gasteiger partial charge in [0.1, 0.15) is 23.3 Å². The number of halogens is 1. The normalized spacial score (nSPS) is 17.7. The molecule has 1 aliphatic carbocycles. The Kier molecular flexibility index (Phi) is 8.86. The van der Waals surface area contributed by atoms with Gasteiger partial charge in [-0.2, -0.15) is 10.4 Å². The summed E-state index contributed by atoms with van der Waals surface area (Å²) in [5.74, 6) is -0.620. The van der Waals surface area contributed by atoms with Crippen molar-refractivity contribution in [3.05, 3.63) is 89.4 Å². The molecule has 1 fully saturated rings. The fourth-order valence-corrected chi connectivity index (χ4v) is 4.87. The molecule has 2 heterocycles. The molecule has 1 aromatic carbocycles. The number of hydrogen-bond acceptors (Lipinski definition) is 7. The van der Waals surface area contributed by atoms with Crippen molar-refractivity contribution in [2.45, 2.75) is 38.6 Å². The van der Waals surface area contributed by atoms with Gasteiger partial charge in [0, 0.05) is 25.0 Å². The summed E-state index contributed by atoms with van der Waals surface area (Å²) in [5.41, 5.74) is 9.45. The molecule has 2 aromatic heterocycles. The van der Waals surface area contributed by atoms with Crippen LogP contribution >= 0.6 is 0 Å². The van der Waals surface area contributed by atoms with Crippen LogP contribution in [0.1, 0.15) is 54.4 Å². The Morgan fingerprint density at radius 1 is 1.27 bits per heavy atom. The zero-order valence-corrected chi connectivity index (χ0v) is 22.8. The number of amides is 1. The number of carbonyl (C=O) groups is 1. The first-order chi connectivity index (χ1) is 19.2. The quantitative estimate of drug-likeness (QED) is 0.396. The molecule has 1 saturated carbocycles. The van der Waals surface area contributed by atoms with Gasteiger partial charge in [0.25, 0.3) is 5.91 Å². The molecule has 0 spiro atoms. The van der Waals surface area contributed by atoms with Gasteiger partial charge in [-0.1, -0.05) is 18.7 Å². The van der Waals surface area contributed by atoms with E-state index in [0.717, 1.165) is 36.8 Å². The summed E-state index contributed by atoms with van der Waals surface area (Å²) in [4.78, 5) is 21.9. The van der Waals surface area contributed by atoms with Crippen LogP contribution in [0.15, 0.2) is 66.7 Å². The summed E-state index contributed by atoms with van der Waals surface area (Å²) >= 11 is 0. The highest BCUT2D eigenvalue weighted by atomic mass is 19.1. The lowest BCUT2D eigenvalue weighted by atomic mass is 9.81. The second kappa shape index (κ2) is 12.5. The van der Waals surface area contributed by atoms with E-state index >= 15 is 0 Å². The molecular formula is C30H32FN7O2. The molecule has 0 aliphatic heterocycles. The molecule has 9 nitrogen and oxygen atoms in total. The molecule has 1 aliphatic rings. The van der Waals surface area contributed by atoms with Gasteiger partial charge in [-0.3, -0.25) is 9.48 Å². The average molecular weight is 542 g/mol. The van der Waals surface area contributed by atoms with E-state index in [1.165, 1.54) is 37.7 Å². The number of benzene rings is 1. The third-order valence-corrected chi connectivity index (χ3v) is 7.10. The van der Waals surface area contributed by atoms with E-state index in [-0.39, 0.29) is 34.8 Å². The van der Waals surface area contributed by atoms with Crippen molar-refractivity contribution in [1.29, 1.82) is 5.26 Å². The standard InChI is InChI=1S/C30H32FN7O2/c1-18(28-21(16-32)17-35-38(28)3)8-13-24(19(2)20-9-11-22(33)12-10-20)37-30(39)25-14-15-34-29(36-25)27-23(31)6-5-7-26(27)40-4/h5-8,13-15,17,20,22H,2,9-12,33H2,1,3-4H3,(H,37,39)/b18-8+,24-13+. The number of nitrogens with one attached hydrogen (secondary N) is 1. The Bertz CT molecular complexity index is 1520. The lowest BCUT2D eigenvalue weighted by Crippen LogP contribution is -2.30. The number of rotatable bonds is 8. The number of nitrogens with zero attached hydrogens (tertiary/aromatic N) is 5. The Balaban J connectivity index is 1.67. The van der Waals surface area contributed by atoms with Gasteiger partial charge in [0.05, 0.1) is 30.1 Å². The van der Waals surface area contributed by atoms with Crippen molar-refractivity contribution in [1.82, 2.24) is 25.1 Å². The van der Waals surface area contributed by atoms with Crippen LogP contribution in [-0.2, 0) is 7.05 Å². The van der Waals surface area contributed by atoms with E-state index in [2.05, 4.69) is 33.0 Å². The maximum Gasteiger partial charge on any atom is 0.274 e. The first-order valence-electron chi connectivity index (χ1n) is 13.0. The minimum atomic E-state index is -0.561. The molecule has 206 valence electrons. The maximum absolute atomic E-state index is 14.7. The van der Waals surface area contributed by atoms with E-state index in [4.69, 9.17) is 10.5 Å². The minimum absolute atomic E-state index is 0.0317. The number of hydrogen-bond donors (Lipinski definition) is 2. The third kappa shape index (κ3) is 6.16. The van der Waals surface area contributed by atoms with Crippen LogP contribution in [0.3, 0.4) is 0 Å². The van der Waals surface area contributed by atoms with Crippen LogP contribution in [0.4, 0.5) is 4.39 Å². The van der Waals surface area contributed by atoms with E-state index in [0.29, 0.717) is 17.0 Å². The average Bonchev–Trinajstić information content (AvgIpc) is 3.35. The van der Waals surface area contributed by atoms with Crippen LogP contribution < -0.4 is 15.8 Å². The predicted octanol–water partition coefficient (Wildman–Crippen LogP) is 4.69. The Labute approximate surface area is 232 Å². The Morgan fingerprint density at radius 3 is 2.73 bits per heavy atom. The molecule has 3 N–H and O–H groups in total. The van der Waals surface area contributed by atoms with Crippen molar-refractivity contribution >= 4 is 11.5 Å². The van der Waals surface area contributed by atoms with Crippen LogP contribution in [0.2, 0.25) is 0 Å². The van der Waals surface area contributed by atoms with Crippen molar-refractivity contribution in [3.63, 3.8) is 0 Å². The highest BCUT2D eigenvalue weighted by molar-refractivity contribution is 5.94. The summed E-state index contributed by atoms with van der Waals surface area (Å²) in [6.45, 7) is 6.19. The number of allylic oxidation sites excluding steroid dienone is 4. The summed E-state index contributed by atoms with van der Waals surface area (Å²) in [6, 6.07) is 8.18. The van der Waals surface area contributed by atoms with Gasteiger partial charge in [-0.25, -0.2) is 14.4 Å². The second-order valence-electron chi connectivity index (χ2n) is 9.75. The molecule has 0 saturated heterocycles. The highest BCUT2D eigenvalue weighted by Crippen LogP contribution is 2.32. The fourth-order valence-electron chi connectivity index (χ4n) is 4.87. The monoisotopic (exact) mass is 541 g/mol. The van der Waals surface area contributed by atoms with Crippen molar-refractivity contribution in [2.24, 2.45) is 18.7 Å².